The zero-order valence-corrected chi connectivity index (χ0v) is 13.7. The van der Waals surface area contributed by atoms with Gasteiger partial charge in [-0.15, -0.1) is 0 Å². The summed E-state index contributed by atoms with van der Waals surface area (Å²) in [5, 5.41) is 12.8. The second kappa shape index (κ2) is 5.48. The summed E-state index contributed by atoms with van der Waals surface area (Å²) in [6.07, 6.45) is 3.51. The number of rotatable bonds is 3. The number of nitrogens with one attached hydrogen (secondary N) is 1. The van der Waals surface area contributed by atoms with Crippen molar-refractivity contribution in [3.63, 3.8) is 0 Å². The van der Waals surface area contributed by atoms with Crippen LogP contribution in [-0.2, 0) is 16.0 Å². The molecule has 6 heteroatoms. The van der Waals surface area contributed by atoms with E-state index in [0.29, 0.717) is 13.0 Å². The molecule has 0 radical (unpaired) electrons. The Balaban J connectivity index is 1.57. The number of carbonyl (C=O) groups is 2. The lowest BCUT2D eigenvalue weighted by atomic mass is 9.82. The summed E-state index contributed by atoms with van der Waals surface area (Å²) in [5.41, 5.74) is 2.07. The normalized spacial score (nSPS) is 27.0. The third-order valence-electron chi connectivity index (χ3n) is 5.74. The SMILES string of the molecule is COc1ccc2c(c1)CCN2C(=O)C1NCC2(CC2)CC1C(=O)O. The van der Waals surface area contributed by atoms with Crippen molar-refractivity contribution < 1.29 is 19.4 Å². The standard InChI is InChI=1S/C18H22N2O4/c1-24-12-2-3-14-11(8-12)4-7-20(14)16(21)15-13(17(22)23)9-18(5-6-18)10-19-15/h2-3,8,13,15,19H,4-7,9-10H2,1H3,(H,22,23). The van der Waals surface area contributed by atoms with Crippen molar-refractivity contribution in [3.8, 4) is 5.75 Å². The molecule has 0 bridgehead atoms. The molecule has 2 atom stereocenters. The maximum Gasteiger partial charge on any atom is 0.308 e. The van der Waals surface area contributed by atoms with Gasteiger partial charge in [-0.3, -0.25) is 9.59 Å². The van der Waals surface area contributed by atoms with Crippen LogP contribution in [0.1, 0.15) is 24.8 Å². The first-order valence-corrected chi connectivity index (χ1v) is 8.47. The van der Waals surface area contributed by atoms with Crippen LogP contribution in [0.5, 0.6) is 5.75 Å². The number of carboxylic acids is 1. The van der Waals surface area contributed by atoms with E-state index in [1.807, 2.05) is 18.2 Å². The molecule has 1 saturated heterocycles. The van der Waals surface area contributed by atoms with Gasteiger partial charge in [-0.05, 0) is 54.9 Å². The Kier molecular flexibility index (Phi) is 3.53. The topological polar surface area (TPSA) is 78.9 Å². The van der Waals surface area contributed by atoms with Crippen molar-refractivity contribution in [3.05, 3.63) is 23.8 Å². The molecule has 2 heterocycles. The van der Waals surface area contributed by atoms with Gasteiger partial charge in [0.05, 0.1) is 13.0 Å². The fourth-order valence-electron chi connectivity index (χ4n) is 4.07. The number of ether oxygens (including phenoxy) is 1. The van der Waals surface area contributed by atoms with Crippen LogP contribution < -0.4 is 15.0 Å². The first kappa shape index (κ1) is 15.4. The molecule has 1 aromatic carbocycles. The average molecular weight is 330 g/mol. The molecule has 1 aromatic rings. The van der Waals surface area contributed by atoms with Crippen LogP contribution >= 0.6 is 0 Å². The Hall–Kier alpha value is -2.08. The number of carbonyl (C=O) groups excluding carboxylic acids is 1. The van der Waals surface area contributed by atoms with Crippen LogP contribution in [0, 0.1) is 11.3 Å². The van der Waals surface area contributed by atoms with Gasteiger partial charge in [-0.25, -0.2) is 0 Å². The van der Waals surface area contributed by atoms with Gasteiger partial charge in [0.25, 0.3) is 0 Å². The Bertz CT molecular complexity index is 698. The number of fused-ring (bicyclic) bond motifs is 1. The number of carboxylic acid groups (broad SMARTS) is 1. The summed E-state index contributed by atoms with van der Waals surface area (Å²) in [5.74, 6) is -0.864. The van der Waals surface area contributed by atoms with Gasteiger partial charge in [0.2, 0.25) is 5.91 Å². The largest absolute Gasteiger partial charge is 0.497 e. The van der Waals surface area contributed by atoms with Crippen LogP contribution in [0.15, 0.2) is 18.2 Å². The summed E-state index contributed by atoms with van der Waals surface area (Å²) in [6, 6.07) is 5.04. The summed E-state index contributed by atoms with van der Waals surface area (Å²) in [4.78, 5) is 26.5. The molecule has 2 unspecified atom stereocenters. The quantitative estimate of drug-likeness (QED) is 0.876. The third kappa shape index (κ3) is 2.45. The Labute approximate surface area is 140 Å². The molecule has 3 aliphatic rings. The minimum atomic E-state index is -0.874. The molecule has 24 heavy (non-hydrogen) atoms. The van der Waals surface area contributed by atoms with Gasteiger partial charge in [-0.1, -0.05) is 0 Å². The Morgan fingerprint density at radius 1 is 1.38 bits per heavy atom. The zero-order valence-electron chi connectivity index (χ0n) is 13.7. The van der Waals surface area contributed by atoms with Crippen molar-refractivity contribution >= 4 is 17.6 Å². The number of nitrogens with zero attached hydrogens (tertiary/aromatic N) is 1. The molecule has 4 rings (SSSR count). The molecule has 1 spiro atoms. The van der Waals surface area contributed by atoms with Gasteiger partial charge >= 0.3 is 5.97 Å². The summed E-state index contributed by atoms with van der Waals surface area (Å²) in [7, 11) is 1.62. The number of hydrogen-bond donors (Lipinski definition) is 2. The molecule has 2 fully saturated rings. The van der Waals surface area contributed by atoms with E-state index >= 15 is 0 Å². The lowest BCUT2D eigenvalue weighted by Crippen LogP contribution is -2.57. The first-order valence-electron chi connectivity index (χ1n) is 8.47. The van der Waals surface area contributed by atoms with E-state index in [0.717, 1.165) is 42.8 Å². The van der Waals surface area contributed by atoms with E-state index in [2.05, 4.69) is 5.32 Å². The highest BCUT2D eigenvalue weighted by Crippen LogP contribution is 2.52. The van der Waals surface area contributed by atoms with E-state index in [1.54, 1.807) is 12.0 Å². The summed E-state index contributed by atoms with van der Waals surface area (Å²) >= 11 is 0. The molecular formula is C18H22N2O4. The minimum Gasteiger partial charge on any atom is -0.497 e. The van der Waals surface area contributed by atoms with Gasteiger partial charge in [0.1, 0.15) is 11.8 Å². The summed E-state index contributed by atoms with van der Waals surface area (Å²) in [6.45, 7) is 1.34. The number of piperidine rings is 1. The molecule has 1 aliphatic carbocycles. The molecule has 1 saturated carbocycles. The Morgan fingerprint density at radius 2 is 2.17 bits per heavy atom. The second-order valence-corrected chi connectivity index (χ2v) is 7.24. The van der Waals surface area contributed by atoms with Gasteiger partial charge in [-0.2, -0.15) is 0 Å². The van der Waals surface area contributed by atoms with Crippen molar-refractivity contribution in [2.24, 2.45) is 11.3 Å². The van der Waals surface area contributed by atoms with Gasteiger partial charge in [0.15, 0.2) is 0 Å². The number of hydrogen-bond acceptors (Lipinski definition) is 4. The third-order valence-corrected chi connectivity index (χ3v) is 5.74. The minimum absolute atomic E-state index is 0.121. The van der Waals surface area contributed by atoms with Crippen molar-refractivity contribution in [1.82, 2.24) is 5.32 Å². The molecule has 128 valence electrons. The fraction of sp³-hybridized carbons (Fsp3) is 0.556. The molecule has 2 N–H and O–H groups in total. The van der Waals surface area contributed by atoms with Crippen molar-refractivity contribution in [2.45, 2.75) is 31.7 Å². The maximum atomic E-state index is 13.0. The highest BCUT2D eigenvalue weighted by atomic mass is 16.5. The highest BCUT2D eigenvalue weighted by molar-refractivity contribution is 6.01. The maximum absolute atomic E-state index is 13.0. The van der Waals surface area contributed by atoms with Gasteiger partial charge < -0.3 is 20.1 Å². The lowest BCUT2D eigenvalue weighted by Gasteiger charge is -2.36. The predicted octanol–water partition coefficient (Wildman–Crippen LogP) is 1.43. The molecule has 2 aliphatic heterocycles. The smallest absolute Gasteiger partial charge is 0.308 e. The molecular weight excluding hydrogens is 308 g/mol. The average Bonchev–Trinajstić information content (AvgIpc) is 3.20. The van der Waals surface area contributed by atoms with E-state index in [9.17, 15) is 14.7 Å². The number of aliphatic carboxylic acids is 1. The molecule has 0 aromatic heterocycles. The zero-order chi connectivity index (χ0) is 16.9. The van der Waals surface area contributed by atoms with E-state index < -0.39 is 17.9 Å². The number of amides is 1. The van der Waals surface area contributed by atoms with E-state index in [4.69, 9.17) is 4.74 Å². The van der Waals surface area contributed by atoms with Crippen LogP contribution in [0.25, 0.3) is 0 Å². The number of benzene rings is 1. The first-order chi connectivity index (χ1) is 11.5. The van der Waals surface area contributed by atoms with Crippen molar-refractivity contribution in [1.29, 1.82) is 0 Å². The number of methoxy groups -OCH3 is 1. The van der Waals surface area contributed by atoms with E-state index in [1.165, 1.54) is 0 Å². The monoisotopic (exact) mass is 330 g/mol. The van der Waals surface area contributed by atoms with Crippen molar-refractivity contribution in [2.75, 3.05) is 25.1 Å². The fourth-order valence-corrected chi connectivity index (χ4v) is 4.07. The lowest BCUT2D eigenvalue weighted by molar-refractivity contribution is -0.147. The second-order valence-electron chi connectivity index (χ2n) is 7.24. The van der Waals surface area contributed by atoms with Gasteiger partial charge in [0, 0.05) is 18.8 Å². The Morgan fingerprint density at radius 3 is 2.83 bits per heavy atom. The molecule has 6 nitrogen and oxygen atoms in total. The predicted molar refractivity (Wildman–Crippen MR) is 88.3 cm³/mol. The van der Waals surface area contributed by atoms with Crippen LogP contribution in [0.4, 0.5) is 5.69 Å². The molecule has 1 amide bonds. The summed E-state index contributed by atoms with van der Waals surface area (Å²) < 4.78 is 5.24. The highest BCUT2D eigenvalue weighted by Gasteiger charge is 2.53. The van der Waals surface area contributed by atoms with Crippen LogP contribution in [-0.4, -0.2) is 43.2 Å². The van der Waals surface area contributed by atoms with Crippen LogP contribution in [0.2, 0.25) is 0 Å². The van der Waals surface area contributed by atoms with Crippen LogP contribution in [0.3, 0.4) is 0 Å². The number of anilines is 1. The van der Waals surface area contributed by atoms with E-state index in [-0.39, 0.29) is 11.3 Å².